The van der Waals surface area contributed by atoms with E-state index in [2.05, 4.69) is 76.1 Å². The Kier molecular flexibility index (Phi) is 2.95. The van der Waals surface area contributed by atoms with Crippen LogP contribution in [0.3, 0.4) is 0 Å². The fourth-order valence-electron chi connectivity index (χ4n) is 3.72. The number of fused-ring (bicyclic) bond motifs is 4. The van der Waals surface area contributed by atoms with Crippen LogP contribution in [-0.2, 0) is 12.4 Å². The van der Waals surface area contributed by atoms with E-state index < -0.39 is 0 Å². The number of benzene rings is 3. The summed E-state index contributed by atoms with van der Waals surface area (Å²) in [6.45, 7) is 0. The van der Waals surface area contributed by atoms with Gasteiger partial charge >= 0.3 is 0 Å². The van der Waals surface area contributed by atoms with Crippen molar-refractivity contribution in [1.29, 1.82) is 0 Å². The number of hydrogen-bond donors (Lipinski definition) is 0. The third-order valence-electron chi connectivity index (χ3n) is 4.83. The van der Waals surface area contributed by atoms with E-state index in [4.69, 9.17) is 4.74 Å². The smallest absolute Gasteiger partial charge is 0.228 e. The molecule has 0 radical (unpaired) electrons. The molecule has 116 valence electrons. The molecule has 0 unspecified atom stereocenters. The second-order valence-corrected chi connectivity index (χ2v) is 6.73. The van der Waals surface area contributed by atoms with Crippen molar-refractivity contribution in [2.24, 2.45) is 7.05 Å². The van der Waals surface area contributed by atoms with E-state index in [-0.39, 0.29) is 0 Å². The van der Waals surface area contributed by atoms with Gasteiger partial charge in [0.1, 0.15) is 18.5 Å². The highest BCUT2D eigenvalue weighted by atomic mass is 79.9. The Labute approximate surface area is 148 Å². The zero-order chi connectivity index (χ0) is 16.3. The molecule has 0 fully saturated rings. The number of alkyl halides is 1. The van der Waals surface area contributed by atoms with Crippen LogP contribution in [0.5, 0.6) is 11.5 Å². The van der Waals surface area contributed by atoms with Crippen LogP contribution in [0.4, 0.5) is 0 Å². The van der Waals surface area contributed by atoms with Gasteiger partial charge in [0.2, 0.25) is 11.2 Å². The fraction of sp³-hybridized carbons (Fsp3) is 0.0952. The molecule has 0 aliphatic carbocycles. The zero-order valence-corrected chi connectivity index (χ0v) is 14.8. The van der Waals surface area contributed by atoms with Crippen molar-refractivity contribution in [1.82, 2.24) is 0 Å². The third kappa shape index (κ3) is 1.79. The van der Waals surface area contributed by atoms with Gasteiger partial charge in [-0.25, -0.2) is 0 Å². The number of aryl methyl sites for hydroxylation is 1. The van der Waals surface area contributed by atoms with E-state index >= 15 is 0 Å². The predicted octanol–water partition coefficient (Wildman–Crippen LogP) is 5.49. The van der Waals surface area contributed by atoms with Crippen molar-refractivity contribution in [2.45, 2.75) is 5.33 Å². The quantitative estimate of drug-likeness (QED) is 0.214. The topological polar surface area (TPSA) is 13.1 Å². The summed E-state index contributed by atoms with van der Waals surface area (Å²) in [6.07, 6.45) is 0. The molecule has 0 atom stereocenters. The summed E-state index contributed by atoms with van der Waals surface area (Å²) in [5.74, 6) is 1.85. The molecule has 5 rings (SSSR count). The minimum Gasteiger partial charge on any atom is -0.456 e. The summed E-state index contributed by atoms with van der Waals surface area (Å²) in [5.41, 5.74) is 4.89. The van der Waals surface area contributed by atoms with E-state index in [1.165, 1.54) is 32.9 Å². The predicted molar refractivity (Wildman–Crippen MR) is 101 cm³/mol. The van der Waals surface area contributed by atoms with E-state index in [0.29, 0.717) is 0 Å². The zero-order valence-electron chi connectivity index (χ0n) is 13.2. The lowest BCUT2D eigenvalue weighted by Gasteiger charge is -2.20. The normalized spacial score (nSPS) is 12.2. The molecular formula is C21H15BrNO+. The van der Waals surface area contributed by atoms with Gasteiger partial charge in [-0.15, -0.1) is 0 Å². The number of nitrogens with zero attached hydrogens (tertiary/aromatic N) is 1. The molecular weight excluding hydrogens is 362 g/mol. The molecule has 2 nitrogen and oxygen atoms in total. The number of pyridine rings is 1. The standard InChI is InChI=1S/C21H15BrNO/c1-23-17-11-13(12-22)9-10-14(17)15-6-4-8-19-20(15)21(23)16-5-2-3-7-18(16)24-19/h2-11H,12H2,1H3/q+1. The summed E-state index contributed by atoms with van der Waals surface area (Å²) in [4.78, 5) is 0. The van der Waals surface area contributed by atoms with Crippen molar-refractivity contribution in [3.05, 3.63) is 66.2 Å². The maximum Gasteiger partial charge on any atom is 0.228 e. The molecule has 1 aliphatic heterocycles. The first-order chi connectivity index (χ1) is 11.8. The molecule has 0 N–H and O–H groups in total. The van der Waals surface area contributed by atoms with Crippen molar-refractivity contribution >= 4 is 37.6 Å². The lowest BCUT2D eigenvalue weighted by atomic mass is 9.96. The van der Waals surface area contributed by atoms with Gasteiger partial charge in [-0.3, -0.25) is 0 Å². The van der Waals surface area contributed by atoms with E-state index in [1.807, 2.05) is 12.1 Å². The van der Waals surface area contributed by atoms with Crippen LogP contribution in [-0.4, -0.2) is 0 Å². The Hall–Kier alpha value is -2.39. The molecule has 4 aromatic rings. The number of halogens is 1. The van der Waals surface area contributed by atoms with Crippen LogP contribution >= 0.6 is 15.9 Å². The van der Waals surface area contributed by atoms with Crippen molar-refractivity contribution in [3.8, 4) is 22.8 Å². The van der Waals surface area contributed by atoms with Gasteiger partial charge in [-0.05, 0) is 29.8 Å². The molecule has 0 amide bonds. The molecule has 24 heavy (non-hydrogen) atoms. The molecule has 0 spiro atoms. The first-order valence-electron chi connectivity index (χ1n) is 7.98. The van der Waals surface area contributed by atoms with Crippen molar-refractivity contribution in [2.75, 3.05) is 0 Å². The summed E-state index contributed by atoms with van der Waals surface area (Å²) < 4.78 is 8.48. The number of para-hydroxylation sites is 1. The third-order valence-corrected chi connectivity index (χ3v) is 5.48. The van der Waals surface area contributed by atoms with Gasteiger partial charge in [0.25, 0.3) is 0 Å². The lowest BCUT2D eigenvalue weighted by Crippen LogP contribution is -2.33. The van der Waals surface area contributed by atoms with Crippen molar-refractivity contribution in [3.63, 3.8) is 0 Å². The number of ether oxygens (including phenoxy) is 1. The average Bonchev–Trinajstić information content (AvgIpc) is 2.64. The van der Waals surface area contributed by atoms with Gasteiger partial charge in [0.05, 0.1) is 16.3 Å². The van der Waals surface area contributed by atoms with Gasteiger partial charge in [-0.1, -0.05) is 46.3 Å². The Morgan fingerprint density at radius 3 is 2.62 bits per heavy atom. The molecule has 0 bridgehead atoms. The lowest BCUT2D eigenvalue weighted by molar-refractivity contribution is -0.632. The van der Waals surface area contributed by atoms with Crippen molar-refractivity contribution < 1.29 is 9.30 Å². The maximum absolute atomic E-state index is 6.18. The fourth-order valence-corrected chi connectivity index (χ4v) is 4.07. The second kappa shape index (κ2) is 5.05. The van der Waals surface area contributed by atoms with Gasteiger partial charge < -0.3 is 4.74 Å². The van der Waals surface area contributed by atoms with E-state index in [1.54, 1.807) is 0 Å². The molecule has 1 aliphatic rings. The summed E-state index contributed by atoms with van der Waals surface area (Å²) in [5, 5.41) is 4.55. The van der Waals surface area contributed by atoms with Gasteiger partial charge in [0, 0.05) is 16.8 Å². The highest BCUT2D eigenvalue weighted by molar-refractivity contribution is 9.08. The largest absolute Gasteiger partial charge is 0.456 e. The molecule has 0 saturated carbocycles. The van der Waals surface area contributed by atoms with Crippen LogP contribution in [0, 0.1) is 0 Å². The minimum atomic E-state index is 0.857. The Bertz CT molecular complexity index is 1130. The highest BCUT2D eigenvalue weighted by Gasteiger charge is 2.29. The molecule has 0 saturated heterocycles. The maximum atomic E-state index is 6.18. The van der Waals surface area contributed by atoms with E-state index in [9.17, 15) is 0 Å². The monoisotopic (exact) mass is 376 g/mol. The van der Waals surface area contributed by atoms with E-state index in [0.717, 1.165) is 22.4 Å². The summed E-state index contributed by atoms with van der Waals surface area (Å²) >= 11 is 3.57. The Morgan fingerprint density at radius 1 is 0.917 bits per heavy atom. The highest BCUT2D eigenvalue weighted by Crippen LogP contribution is 2.46. The summed E-state index contributed by atoms with van der Waals surface area (Å²) in [6, 6.07) is 21.3. The number of rotatable bonds is 1. The number of hydrogen-bond acceptors (Lipinski definition) is 1. The van der Waals surface area contributed by atoms with Crippen LogP contribution in [0.15, 0.2) is 60.7 Å². The Balaban J connectivity index is 2.05. The second-order valence-electron chi connectivity index (χ2n) is 6.17. The molecule has 3 heteroatoms. The van der Waals surface area contributed by atoms with Gasteiger partial charge in [0.15, 0.2) is 0 Å². The van der Waals surface area contributed by atoms with Crippen LogP contribution < -0.4 is 9.30 Å². The first kappa shape index (κ1) is 14.0. The van der Waals surface area contributed by atoms with Crippen LogP contribution in [0.25, 0.3) is 32.9 Å². The first-order valence-corrected chi connectivity index (χ1v) is 9.10. The van der Waals surface area contributed by atoms with Crippen LogP contribution in [0.1, 0.15) is 5.56 Å². The van der Waals surface area contributed by atoms with Gasteiger partial charge in [-0.2, -0.15) is 4.57 Å². The molecule has 3 aromatic carbocycles. The average molecular weight is 377 g/mol. The SMILES string of the molecule is C[n+]1c2c3c(cccc3c3ccc(CBr)cc31)Oc1ccccc1-2. The minimum absolute atomic E-state index is 0.857. The Morgan fingerprint density at radius 2 is 1.75 bits per heavy atom. The molecule has 1 aromatic heterocycles. The molecule has 2 heterocycles. The number of aromatic nitrogens is 1. The summed E-state index contributed by atoms with van der Waals surface area (Å²) in [7, 11) is 2.15. The van der Waals surface area contributed by atoms with Crippen LogP contribution in [0.2, 0.25) is 0 Å².